The van der Waals surface area contributed by atoms with Crippen molar-refractivity contribution in [2.75, 3.05) is 5.73 Å². The number of fused-ring (bicyclic) bond motifs is 2. The molecule has 4 aromatic rings. The third-order valence-electron chi connectivity index (χ3n) is 5.66. The fourth-order valence-corrected chi connectivity index (χ4v) is 3.84. The van der Waals surface area contributed by atoms with E-state index in [4.69, 9.17) is 21.4 Å². The van der Waals surface area contributed by atoms with Crippen molar-refractivity contribution in [3.8, 4) is 23.3 Å². The maximum atomic E-state index is 12.3. The zero-order valence-corrected chi connectivity index (χ0v) is 17.2. The smallest absolute Gasteiger partial charge is 0.254 e. The SMILES string of the molecule is Cc1ccc(O)c(C)c1-n1c(N)c(C(N)=O)c2nc3cc(C#CC4CC4)ccc3nc21. The predicted molar refractivity (Wildman–Crippen MR) is 120 cm³/mol. The molecule has 0 unspecified atom stereocenters. The average Bonchev–Trinajstić information content (AvgIpc) is 3.52. The molecule has 0 atom stereocenters. The highest BCUT2D eigenvalue weighted by Gasteiger charge is 2.25. The minimum Gasteiger partial charge on any atom is -0.508 e. The Morgan fingerprint density at radius 1 is 1.16 bits per heavy atom. The van der Waals surface area contributed by atoms with Crippen LogP contribution in [-0.4, -0.2) is 25.5 Å². The summed E-state index contributed by atoms with van der Waals surface area (Å²) in [6.07, 6.45) is 2.31. The first kappa shape index (κ1) is 18.9. The Bertz CT molecular complexity index is 1470. The predicted octanol–water partition coefficient (Wildman–Crippen LogP) is 3.34. The molecule has 0 saturated heterocycles. The number of carbonyl (C=O) groups excluding carboxylic acids is 1. The summed E-state index contributed by atoms with van der Waals surface area (Å²) in [7, 11) is 0. The second-order valence-corrected chi connectivity index (χ2v) is 7.98. The standard InChI is InChI=1S/C24H21N5O2/c1-12-3-10-18(30)13(2)21(12)29-22(25)19(23(26)31)20-24(29)28-16-9-8-15(11-17(16)27-20)7-6-14-4-5-14/h3,8-11,14,30H,4-5,25H2,1-2H3,(H2,26,31). The van der Waals surface area contributed by atoms with Gasteiger partial charge in [0.05, 0.1) is 16.7 Å². The van der Waals surface area contributed by atoms with E-state index in [1.165, 1.54) is 0 Å². The molecule has 31 heavy (non-hydrogen) atoms. The maximum Gasteiger partial charge on any atom is 0.254 e. The molecule has 5 rings (SSSR count). The maximum absolute atomic E-state index is 12.3. The lowest BCUT2D eigenvalue weighted by Crippen LogP contribution is -2.14. The Balaban J connectivity index is 1.82. The molecular formula is C24H21N5O2. The van der Waals surface area contributed by atoms with Crippen molar-refractivity contribution in [3.05, 3.63) is 52.6 Å². The van der Waals surface area contributed by atoms with E-state index < -0.39 is 5.91 Å². The van der Waals surface area contributed by atoms with E-state index in [1.807, 2.05) is 25.1 Å². The van der Waals surface area contributed by atoms with Crippen molar-refractivity contribution in [1.29, 1.82) is 0 Å². The Kier molecular flexibility index (Phi) is 4.12. The van der Waals surface area contributed by atoms with Crippen molar-refractivity contribution in [2.24, 2.45) is 11.7 Å². The van der Waals surface area contributed by atoms with Gasteiger partial charge in [0.25, 0.3) is 5.91 Å². The second-order valence-electron chi connectivity index (χ2n) is 7.98. The van der Waals surface area contributed by atoms with Crippen molar-refractivity contribution in [3.63, 3.8) is 0 Å². The molecule has 7 nitrogen and oxygen atoms in total. The molecule has 0 spiro atoms. The van der Waals surface area contributed by atoms with E-state index >= 15 is 0 Å². The van der Waals surface area contributed by atoms with Crippen LogP contribution in [0.15, 0.2) is 30.3 Å². The number of amides is 1. The van der Waals surface area contributed by atoms with Gasteiger partial charge in [0, 0.05) is 17.0 Å². The fourth-order valence-electron chi connectivity index (χ4n) is 3.84. The fraction of sp³-hybridized carbons (Fsp3) is 0.208. The molecule has 1 saturated carbocycles. The van der Waals surface area contributed by atoms with Gasteiger partial charge in [-0.25, -0.2) is 9.97 Å². The summed E-state index contributed by atoms with van der Waals surface area (Å²) in [6.45, 7) is 3.68. The van der Waals surface area contributed by atoms with Gasteiger partial charge < -0.3 is 16.6 Å². The normalized spacial score (nSPS) is 13.4. The number of aromatic nitrogens is 3. The molecule has 1 aliphatic rings. The van der Waals surface area contributed by atoms with Gasteiger partial charge in [-0.2, -0.15) is 0 Å². The number of rotatable bonds is 2. The molecule has 1 aliphatic carbocycles. The highest BCUT2D eigenvalue weighted by molar-refractivity contribution is 6.10. The lowest BCUT2D eigenvalue weighted by atomic mass is 10.1. The number of hydrogen-bond donors (Lipinski definition) is 3. The largest absolute Gasteiger partial charge is 0.508 e. The van der Waals surface area contributed by atoms with E-state index in [9.17, 15) is 9.90 Å². The first-order valence-corrected chi connectivity index (χ1v) is 10.1. The van der Waals surface area contributed by atoms with Gasteiger partial charge in [0.15, 0.2) is 5.65 Å². The monoisotopic (exact) mass is 411 g/mol. The quantitative estimate of drug-likeness (QED) is 0.437. The number of phenolic OH excluding ortho intramolecular Hbond substituents is 1. The minimum absolute atomic E-state index is 0.112. The Morgan fingerprint density at radius 2 is 1.94 bits per heavy atom. The zero-order chi connectivity index (χ0) is 21.9. The number of aromatic hydroxyl groups is 1. The van der Waals surface area contributed by atoms with Crippen LogP contribution in [0.3, 0.4) is 0 Å². The Labute approximate surface area is 178 Å². The van der Waals surface area contributed by atoms with Crippen LogP contribution in [0, 0.1) is 31.6 Å². The lowest BCUT2D eigenvalue weighted by molar-refractivity contribution is 0.100. The molecule has 0 radical (unpaired) electrons. The number of aryl methyl sites for hydroxylation is 1. The summed E-state index contributed by atoms with van der Waals surface area (Å²) in [5, 5.41) is 10.3. The van der Waals surface area contributed by atoms with Gasteiger partial charge in [-0.3, -0.25) is 9.36 Å². The third kappa shape index (κ3) is 3.04. The molecule has 2 aromatic carbocycles. The summed E-state index contributed by atoms with van der Waals surface area (Å²) in [5.41, 5.74) is 17.1. The molecule has 0 aliphatic heterocycles. The highest BCUT2D eigenvalue weighted by Crippen LogP contribution is 2.35. The van der Waals surface area contributed by atoms with Gasteiger partial charge in [-0.1, -0.05) is 17.9 Å². The van der Waals surface area contributed by atoms with Crippen LogP contribution in [0.25, 0.3) is 27.9 Å². The first-order valence-electron chi connectivity index (χ1n) is 10.1. The van der Waals surface area contributed by atoms with Gasteiger partial charge in [0.1, 0.15) is 22.6 Å². The number of phenols is 1. The molecule has 0 bridgehead atoms. The van der Waals surface area contributed by atoms with Crippen molar-refractivity contribution in [1.82, 2.24) is 14.5 Å². The number of hydrogen-bond acceptors (Lipinski definition) is 5. The summed E-state index contributed by atoms with van der Waals surface area (Å²) < 4.78 is 1.65. The van der Waals surface area contributed by atoms with Crippen LogP contribution < -0.4 is 11.5 Å². The van der Waals surface area contributed by atoms with Crippen molar-refractivity contribution in [2.45, 2.75) is 26.7 Å². The van der Waals surface area contributed by atoms with E-state index in [1.54, 1.807) is 23.6 Å². The molecule has 2 heterocycles. The Morgan fingerprint density at radius 3 is 2.65 bits per heavy atom. The van der Waals surface area contributed by atoms with E-state index in [-0.39, 0.29) is 17.1 Å². The summed E-state index contributed by atoms with van der Waals surface area (Å²) in [6, 6.07) is 9.04. The second kappa shape index (κ2) is 6.74. The molecule has 154 valence electrons. The van der Waals surface area contributed by atoms with E-state index in [0.29, 0.717) is 39.4 Å². The number of nitrogens with two attached hydrogens (primary N) is 2. The van der Waals surface area contributed by atoms with Crippen molar-refractivity contribution < 1.29 is 9.90 Å². The molecule has 1 fully saturated rings. The van der Waals surface area contributed by atoms with Crippen LogP contribution in [0.5, 0.6) is 5.75 Å². The van der Waals surface area contributed by atoms with Gasteiger partial charge in [0.2, 0.25) is 0 Å². The first-order chi connectivity index (χ1) is 14.8. The summed E-state index contributed by atoms with van der Waals surface area (Å²) >= 11 is 0. The topological polar surface area (TPSA) is 120 Å². The summed E-state index contributed by atoms with van der Waals surface area (Å²) in [5.74, 6) is 6.49. The number of nitrogen functional groups attached to an aromatic ring is 1. The highest BCUT2D eigenvalue weighted by atomic mass is 16.3. The molecule has 2 aromatic heterocycles. The number of benzene rings is 2. The van der Waals surface area contributed by atoms with Gasteiger partial charge in [-0.15, -0.1) is 0 Å². The third-order valence-corrected chi connectivity index (χ3v) is 5.66. The number of nitrogens with zero attached hydrogens (tertiary/aromatic N) is 3. The van der Waals surface area contributed by atoms with Crippen LogP contribution in [0.2, 0.25) is 0 Å². The molecule has 5 N–H and O–H groups in total. The van der Waals surface area contributed by atoms with Crippen LogP contribution in [0.4, 0.5) is 5.82 Å². The van der Waals surface area contributed by atoms with Gasteiger partial charge in [-0.05, 0) is 56.5 Å². The van der Waals surface area contributed by atoms with E-state index in [0.717, 1.165) is 24.0 Å². The minimum atomic E-state index is -0.685. The number of carbonyl (C=O) groups is 1. The van der Waals surface area contributed by atoms with Crippen molar-refractivity contribution >= 4 is 33.9 Å². The van der Waals surface area contributed by atoms with Crippen LogP contribution in [-0.2, 0) is 0 Å². The number of anilines is 1. The molecular weight excluding hydrogens is 390 g/mol. The Hall–Kier alpha value is -4.05. The lowest BCUT2D eigenvalue weighted by Gasteiger charge is -2.15. The van der Waals surface area contributed by atoms with Crippen LogP contribution in [0.1, 0.15) is 39.9 Å². The molecule has 7 heteroatoms. The summed E-state index contributed by atoms with van der Waals surface area (Å²) in [4.78, 5) is 21.8. The molecule has 1 amide bonds. The van der Waals surface area contributed by atoms with Gasteiger partial charge >= 0.3 is 0 Å². The average molecular weight is 411 g/mol. The van der Waals surface area contributed by atoms with Crippen LogP contribution >= 0.6 is 0 Å². The number of primary amides is 1. The zero-order valence-electron chi connectivity index (χ0n) is 17.2. The van der Waals surface area contributed by atoms with E-state index in [2.05, 4.69) is 11.8 Å².